The highest BCUT2D eigenvalue weighted by Gasteiger charge is 2.44. The maximum absolute atomic E-state index is 11.7. The van der Waals surface area contributed by atoms with Gasteiger partial charge >= 0.3 is 5.97 Å². The third kappa shape index (κ3) is 1.92. The van der Waals surface area contributed by atoms with Gasteiger partial charge in [-0.05, 0) is 25.2 Å². The highest BCUT2D eigenvalue weighted by Crippen LogP contribution is 2.41. The highest BCUT2D eigenvalue weighted by molar-refractivity contribution is 5.78. The standard InChI is InChI=1S/C11H19NO2/c12-8-11(5-1-6-11)10(13)14-7-4-9-2-3-9/h9H,1-8,12H2. The van der Waals surface area contributed by atoms with Gasteiger partial charge in [0.05, 0.1) is 12.0 Å². The first kappa shape index (κ1) is 9.97. The Hall–Kier alpha value is -0.570. The van der Waals surface area contributed by atoms with E-state index in [1.165, 1.54) is 12.8 Å². The van der Waals surface area contributed by atoms with Gasteiger partial charge in [-0.15, -0.1) is 0 Å². The molecule has 0 aromatic heterocycles. The lowest BCUT2D eigenvalue weighted by Gasteiger charge is -2.37. The van der Waals surface area contributed by atoms with Crippen LogP contribution in [0.5, 0.6) is 0 Å². The zero-order valence-corrected chi connectivity index (χ0v) is 8.63. The first-order valence-corrected chi connectivity index (χ1v) is 5.64. The fourth-order valence-corrected chi connectivity index (χ4v) is 1.97. The largest absolute Gasteiger partial charge is 0.465 e. The Kier molecular flexibility index (Phi) is 2.77. The van der Waals surface area contributed by atoms with Crippen molar-refractivity contribution in [2.24, 2.45) is 17.1 Å². The van der Waals surface area contributed by atoms with Crippen LogP contribution < -0.4 is 5.73 Å². The molecule has 3 nitrogen and oxygen atoms in total. The van der Waals surface area contributed by atoms with Gasteiger partial charge in [0, 0.05) is 6.54 Å². The molecule has 0 radical (unpaired) electrons. The molecule has 0 spiro atoms. The molecule has 2 saturated carbocycles. The van der Waals surface area contributed by atoms with E-state index in [1.807, 2.05) is 0 Å². The summed E-state index contributed by atoms with van der Waals surface area (Å²) in [5.41, 5.74) is 5.31. The molecule has 0 atom stereocenters. The van der Waals surface area contributed by atoms with E-state index in [1.54, 1.807) is 0 Å². The van der Waals surface area contributed by atoms with Crippen molar-refractivity contribution < 1.29 is 9.53 Å². The van der Waals surface area contributed by atoms with Crippen LogP contribution in [0.25, 0.3) is 0 Å². The van der Waals surface area contributed by atoms with Gasteiger partial charge in [-0.3, -0.25) is 4.79 Å². The number of carbonyl (C=O) groups excluding carboxylic acids is 1. The fourth-order valence-electron chi connectivity index (χ4n) is 1.97. The van der Waals surface area contributed by atoms with Gasteiger partial charge in [-0.2, -0.15) is 0 Å². The van der Waals surface area contributed by atoms with Crippen molar-refractivity contribution in [3.8, 4) is 0 Å². The van der Waals surface area contributed by atoms with Gasteiger partial charge in [0.2, 0.25) is 0 Å². The van der Waals surface area contributed by atoms with Crippen LogP contribution in [0, 0.1) is 11.3 Å². The number of hydrogen-bond acceptors (Lipinski definition) is 3. The normalized spacial score (nSPS) is 24.1. The summed E-state index contributed by atoms with van der Waals surface area (Å²) in [4.78, 5) is 11.7. The van der Waals surface area contributed by atoms with Gasteiger partial charge in [-0.1, -0.05) is 19.3 Å². The Labute approximate surface area is 85.0 Å². The smallest absolute Gasteiger partial charge is 0.313 e. The first-order chi connectivity index (χ1) is 6.77. The zero-order valence-electron chi connectivity index (χ0n) is 8.63. The lowest BCUT2D eigenvalue weighted by molar-refractivity contribution is -0.160. The monoisotopic (exact) mass is 197 g/mol. The van der Waals surface area contributed by atoms with E-state index < -0.39 is 0 Å². The lowest BCUT2D eigenvalue weighted by Crippen LogP contribution is -2.45. The third-order valence-electron chi connectivity index (χ3n) is 3.59. The second-order valence-corrected chi connectivity index (χ2v) is 4.71. The second-order valence-electron chi connectivity index (χ2n) is 4.71. The summed E-state index contributed by atoms with van der Waals surface area (Å²) in [5, 5.41) is 0. The molecule has 80 valence electrons. The van der Waals surface area contributed by atoms with Crippen LogP contribution in [0.15, 0.2) is 0 Å². The SMILES string of the molecule is NCC1(C(=O)OCCC2CC2)CCC1. The Balaban J connectivity index is 1.70. The van der Waals surface area contributed by atoms with Gasteiger partial charge in [-0.25, -0.2) is 0 Å². The van der Waals surface area contributed by atoms with Crippen molar-refractivity contribution in [3.05, 3.63) is 0 Å². The van der Waals surface area contributed by atoms with E-state index in [0.29, 0.717) is 13.2 Å². The summed E-state index contributed by atoms with van der Waals surface area (Å²) in [5.74, 6) is 0.782. The van der Waals surface area contributed by atoms with Crippen LogP contribution in [0.4, 0.5) is 0 Å². The van der Waals surface area contributed by atoms with Crippen LogP contribution >= 0.6 is 0 Å². The van der Waals surface area contributed by atoms with E-state index in [4.69, 9.17) is 10.5 Å². The van der Waals surface area contributed by atoms with Crippen molar-refractivity contribution >= 4 is 5.97 Å². The second kappa shape index (κ2) is 3.89. The summed E-state index contributed by atoms with van der Waals surface area (Å²) in [6.45, 7) is 1.06. The fraction of sp³-hybridized carbons (Fsp3) is 0.909. The van der Waals surface area contributed by atoms with Crippen LogP contribution in [0.3, 0.4) is 0 Å². The predicted octanol–water partition coefficient (Wildman–Crippen LogP) is 1.46. The van der Waals surface area contributed by atoms with E-state index >= 15 is 0 Å². The zero-order chi connectivity index (χ0) is 10.0. The average Bonchev–Trinajstić information content (AvgIpc) is 2.87. The molecule has 2 aliphatic carbocycles. The Morgan fingerprint density at radius 3 is 2.57 bits per heavy atom. The van der Waals surface area contributed by atoms with Gasteiger partial charge in [0.15, 0.2) is 0 Å². The molecular formula is C11H19NO2. The van der Waals surface area contributed by atoms with Gasteiger partial charge < -0.3 is 10.5 Å². The molecule has 0 saturated heterocycles. The van der Waals surface area contributed by atoms with Crippen LogP contribution in [-0.4, -0.2) is 19.1 Å². The molecule has 0 aliphatic heterocycles. The maximum Gasteiger partial charge on any atom is 0.313 e. The topological polar surface area (TPSA) is 52.3 Å². The van der Waals surface area contributed by atoms with E-state index in [2.05, 4.69) is 0 Å². The summed E-state index contributed by atoms with van der Waals surface area (Å²) in [6, 6.07) is 0. The molecule has 2 rings (SSSR count). The lowest BCUT2D eigenvalue weighted by atomic mass is 9.69. The minimum absolute atomic E-state index is 0.0492. The summed E-state index contributed by atoms with van der Waals surface area (Å²) in [6.07, 6.45) is 6.65. The van der Waals surface area contributed by atoms with Crippen molar-refractivity contribution in [3.63, 3.8) is 0 Å². The van der Waals surface area contributed by atoms with Crippen molar-refractivity contribution in [2.45, 2.75) is 38.5 Å². The number of esters is 1. The first-order valence-electron chi connectivity index (χ1n) is 5.64. The molecule has 0 aromatic rings. The molecular weight excluding hydrogens is 178 g/mol. The van der Waals surface area contributed by atoms with E-state index in [0.717, 1.165) is 31.6 Å². The third-order valence-corrected chi connectivity index (χ3v) is 3.59. The predicted molar refractivity (Wildman–Crippen MR) is 53.6 cm³/mol. The molecule has 0 unspecified atom stereocenters. The van der Waals surface area contributed by atoms with Crippen LogP contribution in [0.1, 0.15) is 38.5 Å². The number of nitrogens with two attached hydrogens (primary N) is 1. The molecule has 2 fully saturated rings. The Morgan fingerprint density at radius 2 is 2.14 bits per heavy atom. The number of hydrogen-bond donors (Lipinski definition) is 1. The number of carbonyl (C=O) groups is 1. The minimum atomic E-state index is -0.302. The van der Waals surface area contributed by atoms with Crippen molar-refractivity contribution in [1.82, 2.24) is 0 Å². The van der Waals surface area contributed by atoms with E-state index in [-0.39, 0.29) is 11.4 Å². The number of ether oxygens (including phenoxy) is 1. The molecule has 14 heavy (non-hydrogen) atoms. The Bertz CT molecular complexity index is 214. The van der Waals surface area contributed by atoms with Crippen molar-refractivity contribution in [1.29, 1.82) is 0 Å². The quantitative estimate of drug-likeness (QED) is 0.679. The average molecular weight is 197 g/mol. The summed E-state index contributed by atoms with van der Waals surface area (Å²) in [7, 11) is 0. The Morgan fingerprint density at radius 1 is 1.43 bits per heavy atom. The van der Waals surface area contributed by atoms with E-state index in [9.17, 15) is 4.79 Å². The van der Waals surface area contributed by atoms with Crippen molar-refractivity contribution in [2.75, 3.05) is 13.2 Å². The minimum Gasteiger partial charge on any atom is -0.465 e. The molecule has 0 heterocycles. The summed E-state index contributed by atoms with van der Waals surface area (Å²) >= 11 is 0. The maximum atomic E-state index is 11.7. The molecule has 3 heteroatoms. The van der Waals surface area contributed by atoms with Crippen LogP contribution in [0.2, 0.25) is 0 Å². The molecule has 0 aromatic carbocycles. The van der Waals surface area contributed by atoms with Crippen LogP contribution in [-0.2, 0) is 9.53 Å². The highest BCUT2D eigenvalue weighted by atomic mass is 16.5. The molecule has 0 amide bonds. The summed E-state index contributed by atoms with van der Waals surface area (Å²) < 4.78 is 5.27. The molecule has 0 bridgehead atoms. The van der Waals surface area contributed by atoms with Gasteiger partial charge in [0.1, 0.15) is 0 Å². The number of rotatable bonds is 5. The molecule has 2 N–H and O–H groups in total. The van der Waals surface area contributed by atoms with Gasteiger partial charge in [0.25, 0.3) is 0 Å². The molecule has 2 aliphatic rings.